The summed E-state index contributed by atoms with van der Waals surface area (Å²) < 4.78 is 2.42. The van der Waals surface area contributed by atoms with E-state index in [0.29, 0.717) is 0 Å². The molecule has 20 heavy (non-hydrogen) atoms. The molecule has 1 aromatic carbocycles. The average Bonchev–Trinajstić information content (AvgIpc) is 2.49. The molecule has 0 amide bonds. The molecule has 8 heteroatoms. The molecular weight excluding hydrogens is 390 g/mol. The van der Waals surface area contributed by atoms with Crippen LogP contribution in [-0.4, -0.2) is 35.0 Å². The predicted molar refractivity (Wildman–Crippen MR) is 102 cm³/mol. The molecule has 3 aliphatic carbocycles. The molecule has 0 unspecified atom stereocenters. The number of hydrogen-bond acceptors (Lipinski definition) is 1. The third-order valence-electron chi connectivity index (χ3n) is 4.11. The van der Waals surface area contributed by atoms with E-state index in [4.69, 9.17) is 15.5 Å². The summed E-state index contributed by atoms with van der Waals surface area (Å²) in [4.78, 5) is 0. The first-order valence-corrected chi connectivity index (χ1v) is 8.87. The van der Waals surface area contributed by atoms with Gasteiger partial charge in [-0.2, -0.15) is 0 Å². The third kappa shape index (κ3) is 3.92. The van der Waals surface area contributed by atoms with E-state index in [1.165, 1.54) is 47.7 Å². The fraction of sp³-hybridized carbons (Fsp3) is 0.500. The van der Waals surface area contributed by atoms with Crippen LogP contribution in [0, 0.1) is 0 Å². The monoisotopic (exact) mass is 401 g/mol. The molecule has 0 spiro atoms. The maximum atomic E-state index is 5.13. The quantitative estimate of drug-likeness (QED) is 0.680. The van der Waals surface area contributed by atoms with Crippen LogP contribution in [-0.2, 0) is 0 Å². The zero-order chi connectivity index (χ0) is 14.7. The van der Waals surface area contributed by atoms with Crippen LogP contribution in [0.2, 0.25) is 0 Å². The van der Waals surface area contributed by atoms with Crippen molar-refractivity contribution in [2.24, 2.45) is 0 Å². The topological polar surface area (TPSA) is 0 Å². The van der Waals surface area contributed by atoms with Gasteiger partial charge in [0.05, 0.1) is 0 Å². The summed E-state index contributed by atoms with van der Waals surface area (Å²) in [5.41, 5.74) is 3.23. The molecule has 5 radical (unpaired) electrons. The van der Waals surface area contributed by atoms with Gasteiger partial charge in [-0.05, 0) is 92.6 Å². The Morgan fingerprint density at radius 3 is 1.70 bits per heavy atom. The van der Waals surface area contributed by atoms with Crippen molar-refractivity contribution in [2.45, 2.75) is 37.5 Å². The predicted octanol–water partition coefficient (Wildman–Crippen LogP) is 3.71. The second-order valence-electron chi connectivity index (χ2n) is 5.35. The van der Waals surface area contributed by atoms with E-state index in [1.54, 1.807) is 11.1 Å². The number of hydrogen-bond donors (Lipinski definition) is 0. The van der Waals surface area contributed by atoms with Gasteiger partial charge in [0.1, 0.15) is 0 Å². The Kier molecular flexibility index (Phi) is 6.69. The Balaban J connectivity index is 0.000000212. The summed E-state index contributed by atoms with van der Waals surface area (Å²) in [6.45, 7) is 0. The van der Waals surface area contributed by atoms with E-state index in [0.717, 1.165) is 11.8 Å². The van der Waals surface area contributed by atoms with Gasteiger partial charge in [-0.25, -0.2) is 0 Å². The molecule has 1 fully saturated rings. The van der Waals surface area contributed by atoms with E-state index in [1.807, 2.05) is 0 Å². The minimum absolute atomic E-state index is 0.222. The molecule has 4 rings (SSSR count). The first-order chi connectivity index (χ1) is 9.56. The number of halogens is 2. The third-order valence-corrected chi connectivity index (χ3v) is 6.27. The van der Waals surface area contributed by atoms with E-state index in [-0.39, 0.29) is 6.39 Å². The van der Waals surface area contributed by atoms with Crippen molar-refractivity contribution >= 4 is 78.9 Å². The van der Waals surface area contributed by atoms with Crippen molar-refractivity contribution in [3.63, 3.8) is 0 Å². The van der Waals surface area contributed by atoms with Crippen LogP contribution in [0.1, 0.15) is 48.6 Å². The maximum absolute atomic E-state index is 5.13. The van der Waals surface area contributed by atoms with Gasteiger partial charge in [-0.15, -0.1) is 0 Å². The molecule has 0 N–H and O–H groups in total. The number of benzene rings is 1. The number of rotatable bonds is 2. The zero-order valence-corrected chi connectivity index (χ0v) is 15.2. The molecule has 2 bridgehead atoms. The zero-order valence-electron chi connectivity index (χ0n) is 11.2. The van der Waals surface area contributed by atoms with Crippen molar-refractivity contribution in [3.8, 4) is 0 Å². The summed E-state index contributed by atoms with van der Waals surface area (Å²) >= 11 is 11.6. The van der Waals surface area contributed by atoms with E-state index < -0.39 is 0 Å². The average molecular weight is 402 g/mol. The van der Waals surface area contributed by atoms with E-state index >= 15 is 0 Å². The van der Waals surface area contributed by atoms with Crippen LogP contribution in [0.5, 0.6) is 0 Å². The molecule has 0 saturated heterocycles. The van der Waals surface area contributed by atoms with Crippen LogP contribution in [0.3, 0.4) is 0 Å². The van der Waals surface area contributed by atoms with Gasteiger partial charge >= 0.3 is 47.0 Å². The normalized spacial score (nSPS) is 22.1. The van der Waals surface area contributed by atoms with Crippen molar-refractivity contribution in [3.05, 3.63) is 32.2 Å². The van der Waals surface area contributed by atoms with Gasteiger partial charge in [0.25, 0.3) is 0 Å². The first-order valence-electron chi connectivity index (χ1n) is 6.81. The molecule has 0 atom stereocenters. The fourth-order valence-electron chi connectivity index (χ4n) is 3.05. The Bertz CT molecular complexity index is 454. The first kappa shape index (κ1) is 17.1. The summed E-state index contributed by atoms with van der Waals surface area (Å²) in [5, 5.41) is 0. The van der Waals surface area contributed by atoms with Crippen molar-refractivity contribution in [1.29, 1.82) is 0 Å². The summed E-state index contributed by atoms with van der Waals surface area (Å²) in [6.07, 6.45) is 5.41. The van der Waals surface area contributed by atoms with Gasteiger partial charge in [0.2, 0.25) is 0 Å². The van der Waals surface area contributed by atoms with E-state index in [2.05, 4.69) is 56.0 Å². The van der Waals surface area contributed by atoms with Crippen LogP contribution >= 0.6 is 43.9 Å². The summed E-state index contributed by atoms with van der Waals surface area (Å²) in [7, 11) is 11.4. The van der Waals surface area contributed by atoms with E-state index in [9.17, 15) is 0 Å². The van der Waals surface area contributed by atoms with Crippen LogP contribution in [0.4, 0.5) is 0 Å². The SMILES string of the molecule is Brc1cc2c(cc1Br)C1CCC2CC1.[B][B]B([B])B=S. The number of fused-ring (bicyclic) bond motifs is 2. The Morgan fingerprint density at radius 2 is 1.45 bits per heavy atom. The standard InChI is InChI=1S/C12H12Br2.B5S/c13-11-5-9-7-1-2-8(4-3-7)10(9)6-12(11)14;1-3-5(2)4-6/h5-8H,1-4H2;. The fourth-order valence-corrected chi connectivity index (χ4v) is 3.86. The van der Waals surface area contributed by atoms with Crippen molar-refractivity contribution in [1.82, 2.24) is 0 Å². The van der Waals surface area contributed by atoms with Gasteiger partial charge < -0.3 is 0 Å². The summed E-state index contributed by atoms with van der Waals surface area (Å²) in [5.74, 6) is 1.69. The minimum atomic E-state index is -0.222. The van der Waals surface area contributed by atoms with Gasteiger partial charge in [0.15, 0.2) is 0 Å². The molecule has 1 saturated carbocycles. The second-order valence-corrected chi connectivity index (χ2v) is 7.33. The molecule has 0 aromatic heterocycles. The van der Waals surface area contributed by atoms with Gasteiger partial charge in [-0.3, -0.25) is 0 Å². The molecule has 95 valence electrons. The Labute approximate surface area is 148 Å². The van der Waals surface area contributed by atoms with Crippen molar-refractivity contribution in [2.75, 3.05) is 0 Å². The van der Waals surface area contributed by atoms with Crippen LogP contribution < -0.4 is 0 Å². The second kappa shape index (κ2) is 7.83. The molecule has 3 aliphatic rings. The molecule has 0 heterocycles. The molecule has 1 aromatic rings. The van der Waals surface area contributed by atoms with Gasteiger partial charge in [-0.1, -0.05) is 0 Å². The summed E-state index contributed by atoms with van der Waals surface area (Å²) in [6, 6.07) is 6.06. The van der Waals surface area contributed by atoms with Crippen LogP contribution in [0.25, 0.3) is 0 Å². The van der Waals surface area contributed by atoms with Gasteiger partial charge in [0, 0.05) is 8.95 Å². The van der Waals surface area contributed by atoms with Crippen molar-refractivity contribution < 1.29 is 0 Å². The Hall–Kier alpha value is 0.725. The molecular formula is C12H12B5Br2S. The van der Waals surface area contributed by atoms with Crippen LogP contribution in [0.15, 0.2) is 21.1 Å². The molecule has 0 nitrogen and oxygen atoms in total. The molecule has 0 aliphatic heterocycles. The Morgan fingerprint density at radius 1 is 1.05 bits per heavy atom.